The molecule has 1 aliphatic rings. The minimum absolute atomic E-state index is 0.0281. The highest BCUT2D eigenvalue weighted by Crippen LogP contribution is 2.08. The average Bonchev–Trinajstić information content (AvgIpc) is 2.66. The van der Waals surface area contributed by atoms with Gasteiger partial charge in [-0.2, -0.15) is 0 Å². The molecule has 1 aliphatic heterocycles. The smallest absolute Gasteiger partial charge is 0.221 e. The maximum Gasteiger partial charge on any atom is 0.221 e. The second-order valence-corrected chi connectivity index (χ2v) is 3.85. The lowest BCUT2D eigenvalue weighted by Gasteiger charge is -2.16. The third-order valence-electron chi connectivity index (χ3n) is 2.67. The molecule has 0 bridgehead atoms. The van der Waals surface area contributed by atoms with Gasteiger partial charge in [0.05, 0.1) is 12.6 Å². The summed E-state index contributed by atoms with van der Waals surface area (Å²) in [4.78, 5) is 11.5. The highest BCUT2D eigenvalue weighted by Gasteiger charge is 2.18. The predicted octanol–water partition coefficient (Wildman–Crippen LogP) is 0.0156. The van der Waals surface area contributed by atoms with Crippen LogP contribution in [0.25, 0.3) is 0 Å². The van der Waals surface area contributed by atoms with Gasteiger partial charge >= 0.3 is 0 Å². The lowest BCUT2D eigenvalue weighted by Crippen LogP contribution is -2.39. The summed E-state index contributed by atoms with van der Waals surface area (Å²) in [6, 6.07) is 0.259. The number of aliphatic hydroxyl groups excluding tert-OH is 1. The first-order valence-corrected chi connectivity index (χ1v) is 5.39. The molecular weight excluding hydrogens is 180 g/mol. The summed E-state index contributed by atoms with van der Waals surface area (Å²) >= 11 is 0. The highest BCUT2D eigenvalue weighted by molar-refractivity contribution is 5.76. The minimum Gasteiger partial charge on any atom is -0.394 e. The number of carbonyl (C=O) groups excluding carboxylic acids is 1. The van der Waals surface area contributed by atoms with Gasteiger partial charge in [0.2, 0.25) is 5.91 Å². The van der Waals surface area contributed by atoms with Crippen molar-refractivity contribution in [1.29, 1.82) is 0 Å². The van der Waals surface area contributed by atoms with E-state index in [-0.39, 0.29) is 18.6 Å². The maximum absolute atomic E-state index is 11.5. The second-order valence-electron chi connectivity index (χ2n) is 3.85. The van der Waals surface area contributed by atoms with Gasteiger partial charge in [-0.05, 0) is 25.8 Å². The Balaban J connectivity index is 2.20. The summed E-state index contributed by atoms with van der Waals surface area (Å²) in [6.45, 7) is 3.00. The molecule has 0 spiro atoms. The molecular formula is C10H20N2O2. The van der Waals surface area contributed by atoms with Crippen LogP contribution in [0, 0.1) is 0 Å². The van der Waals surface area contributed by atoms with Crippen molar-refractivity contribution in [1.82, 2.24) is 10.6 Å². The van der Waals surface area contributed by atoms with E-state index < -0.39 is 0 Å². The van der Waals surface area contributed by atoms with E-state index in [1.54, 1.807) is 0 Å². The minimum atomic E-state index is -0.0797. The van der Waals surface area contributed by atoms with Gasteiger partial charge in [-0.15, -0.1) is 0 Å². The van der Waals surface area contributed by atoms with Gasteiger partial charge in [-0.25, -0.2) is 0 Å². The molecule has 0 saturated carbocycles. The number of hydrogen-bond acceptors (Lipinski definition) is 3. The first kappa shape index (κ1) is 11.5. The Hall–Kier alpha value is -0.610. The largest absolute Gasteiger partial charge is 0.394 e. The summed E-state index contributed by atoms with van der Waals surface area (Å²) in [6.07, 6.45) is 3.56. The molecule has 1 amide bonds. The van der Waals surface area contributed by atoms with Gasteiger partial charge in [-0.1, -0.05) is 6.92 Å². The number of carbonyl (C=O) groups is 1. The Morgan fingerprint density at radius 3 is 3.00 bits per heavy atom. The summed E-state index contributed by atoms with van der Waals surface area (Å²) < 4.78 is 0. The van der Waals surface area contributed by atoms with Gasteiger partial charge < -0.3 is 15.7 Å². The van der Waals surface area contributed by atoms with Gasteiger partial charge in [0, 0.05) is 12.5 Å². The zero-order valence-corrected chi connectivity index (χ0v) is 8.75. The van der Waals surface area contributed by atoms with E-state index in [1.807, 2.05) is 6.92 Å². The van der Waals surface area contributed by atoms with E-state index in [0.717, 1.165) is 25.8 Å². The van der Waals surface area contributed by atoms with Gasteiger partial charge in [0.1, 0.15) is 0 Å². The third kappa shape index (κ3) is 3.64. The molecule has 1 saturated heterocycles. The first-order chi connectivity index (χ1) is 6.76. The summed E-state index contributed by atoms with van der Waals surface area (Å²) in [5.41, 5.74) is 0. The van der Waals surface area contributed by atoms with Crippen LogP contribution in [-0.2, 0) is 4.79 Å². The van der Waals surface area contributed by atoms with E-state index >= 15 is 0 Å². The maximum atomic E-state index is 11.5. The number of aliphatic hydroxyl groups is 1. The van der Waals surface area contributed by atoms with Crippen molar-refractivity contribution in [2.45, 2.75) is 44.7 Å². The lowest BCUT2D eigenvalue weighted by atomic mass is 10.1. The molecule has 4 heteroatoms. The van der Waals surface area contributed by atoms with Crippen LogP contribution in [0.2, 0.25) is 0 Å². The third-order valence-corrected chi connectivity index (χ3v) is 2.67. The Labute approximate surface area is 85.1 Å². The molecule has 82 valence electrons. The number of nitrogens with one attached hydrogen (secondary N) is 2. The number of amides is 1. The first-order valence-electron chi connectivity index (χ1n) is 5.39. The van der Waals surface area contributed by atoms with Crippen LogP contribution in [0.3, 0.4) is 0 Å². The molecule has 0 aromatic rings. The van der Waals surface area contributed by atoms with Crippen LogP contribution >= 0.6 is 0 Å². The van der Waals surface area contributed by atoms with Crippen molar-refractivity contribution in [2.24, 2.45) is 0 Å². The van der Waals surface area contributed by atoms with Crippen molar-refractivity contribution in [3.63, 3.8) is 0 Å². The van der Waals surface area contributed by atoms with Crippen molar-refractivity contribution >= 4 is 5.91 Å². The second kappa shape index (κ2) is 5.98. The van der Waals surface area contributed by atoms with Crippen LogP contribution in [-0.4, -0.2) is 36.2 Å². The zero-order valence-electron chi connectivity index (χ0n) is 8.75. The van der Waals surface area contributed by atoms with Crippen LogP contribution in [0.5, 0.6) is 0 Å². The Kier molecular flexibility index (Phi) is 4.90. The van der Waals surface area contributed by atoms with Crippen LogP contribution < -0.4 is 10.6 Å². The molecule has 2 unspecified atom stereocenters. The molecule has 0 aromatic carbocycles. The fourth-order valence-electron chi connectivity index (χ4n) is 1.72. The van der Waals surface area contributed by atoms with Crippen LogP contribution in [0.15, 0.2) is 0 Å². The molecule has 1 rings (SSSR count). The fourth-order valence-corrected chi connectivity index (χ4v) is 1.72. The van der Waals surface area contributed by atoms with E-state index in [1.165, 1.54) is 0 Å². The van der Waals surface area contributed by atoms with Gasteiger partial charge in [0.25, 0.3) is 0 Å². The van der Waals surface area contributed by atoms with E-state index in [9.17, 15) is 4.79 Å². The van der Waals surface area contributed by atoms with Crippen molar-refractivity contribution < 1.29 is 9.90 Å². The molecule has 4 nitrogen and oxygen atoms in total. The molecule has 0 aliphatic carbocycles. The van der Waals surface area contributed by atoms with Crippen molar-refractivity contribution in [3.05, 3.63) is 0 Å². The normalized spacial score (nSPS) is 23.4. The molecule has 0 radical (unpaired) electrons. The standard InChI is InChI=1S/C10H20N2O2/c1-2-8(7-13)12-10(14)6-9-4-3-5-11-9/h8-9,11,13H,2-7H2,1H3,(H,12,14). The number of rotatable bonds is 5. The molecule has 3 N–H and O–H groups in total. The Morgan fingerprint density at radius 2 is 2.50 bits per heavy atom. The highest BCUT2D eigenvalue weighted by atomic mass is 16.3. The fraction of sp³-hybridized carbons (Fsp3) is 0.900. The molecule has 0 aromatic heterocycles. The zero-order chi connectivity index (χ0) is 10.4. The van der Waals surface area contributed by atoms with Crippen LogP contribution in [0.1, 0.15) is 32.6 Å². The monoisotopic (exact) mass is 200 g/mol. The predicted molar refractivity (Wildman–Crippen MR) is 54.9 cm³/mol. The Morgan fingerprint density at radius 1 is 1.71 bits per heavy atom. The average molecular weight is 200 g/mol. The van der Waals surface area contributed by atoms with Crippen LogP contribution in [0.4, 0.5) is 0 Å². The molecule has 1 fully saturated rings. The van der Waals surface area contributed by atoms with Crippen molar-refractivity contribution in [3.8, 4) is 0 Å². The number of hydrogen-bond donors (Lipinski definition) is 3. The summed E-state index contributed by atoms with van der Waals surface area (Å²) in [5.74, 6) is 0.0466. The van der Waals surface area contributed by atoms with Gasteiger partial charge in [-0.3, -0.25) is 4.79 Å². The molecule has 1 heterocycles. The quantitative estimate of drug-likeness (QED) is 0.586. The topological polar surface area (TPSA) is 61.4 Å². The molecule has 14 heavy (non-hydrogen) atoms. The van der Waals surface area contributed by atoms with E-state index in [2.05, 4.69) is 10.6 Å². The van der Waals surface area contributed by atoms with E-state index in [4.69, 9.17) is 5.11 Å². The van der Waals surface area contributed by atoms with Crippen molar-refractivity contribution in [2.75, 3.05) is 13.2 Å². The summed E-state index contributed by atoms with van der Waals surface area (Å²) in [7, 11) is 0. The van der Waals surface area contributed by atoms with Gasteiger partial charge in [0.15, 0.2) is 0 Å². The SMILES string of the molecule is CCC(CO)NC(=O)CC1CCCN1. The molecule has 2 atom stereocenters. The lowest BCUT2D eigenvalue weighted by molar-refractivity contribution is -0.122. The van der Waals surface area contributed by atoms with E-state index in [0.29, 0.717) is 12.5 Å². The Bertz CT molecular complexity index is 169. The summed E-state index contributed by atoms with van der Waals surface area (Å²) in [5, 5.41) is 15.0.